The molecule has 0 aliphatic rings. The van der Waals surface area contributed by atoms with Gasteiger partial charge in [0.2, 0.25) is 0 Å². The van der Waals surface area contributed by atoms with Crippen LogP contribution in [-0.2, 0) is 0 Å². The van der Waals surface area contributed by atoms with Gasteiger partial charge in [0.25, 0.3) is 5.91 Å². The fraction of sp³-hybridized carbons (Fsp3) is 0.190. The second-order valence-electron chi connectivity index (χ2n) is 6.30. The van der Waals surface area contributed by atoms with E-state index in [9.17, 15) is 10.1 Å². The van der Waals surface area contributed by atoms with E-state index >= 15 is 0 Å². The van der Waals surface area contributed by atoms with Crippen LogP contribution in [-0.4, -0.2) is 24.0 Å². The Balaban J connectivity index is 1.74. The molecule has 2 aromatic carbocycles. The minimum atomic E-state index is -0.228. The molecule has 0 aliphatic carbocycles. The van der Waals surface area contributed by atoms with Crippen LogP contribution in [0.25, 0.3) is 10.9 Å². The number of anilines is 1. The average molecular weight is 379 g/mol. The minimum Gasteiger partial charge on any atom is -0.382 e. The van der Waals surface area contributed by atoms with Crippen molar-refractivity contribution < 1.29 is 4.79 Å². The van der Waals surface area contributed by atoms with E-state index in [2.05, 4.69) is 27.8 Å². The molecular weight excluding hydrogens is 360 g/mol. The quantitative estimate of drug-likeness (QED) is 0.651. The number of carbonyl (C=O) groups is 1. The zero-order valence-electron chi connectivity index (χ0n) is 15.1. The van der Waals surface area contributed by atoms with Gasteiger partial charge in [0, 0.05) is 24.7 Å². The Kier molecular flexibility index (Phi) is 5.58. The van der Waals surface area contributed by atoms with Crippen LogP contribution in [0.4, 0.5) is 5.69 Å². The van der Waals surface area contributed by atoms with E-state index in [0.717, 1.165) is 27.7 Å². The largest absolute Gasteiger partial charge is 0.382 e. The van der Waals surface area contributed by atoms with E-state index in [1.165, 1.54) is 0 Å². The molecule has 27 heavy (non-hydrogen) atoms. The van der Waals surface area contributed by atoms with Gasteiger partial charge in [-0.2, -0.15) is 5.26 Å². The highest BCUT2D eigenvalue weighted by Gasteiger charge is 2.12. The number of benzene rings is 2. The Morgan fingerprint density at radius 1 is 1.22 bits per heavy atom. The monoisotopic (exact) mass is 378 g/mol. The molecule has 0 unspecified atom stereocenters. The molecule has 0 fully saturated rings. The van der Waals surface area contributed by atoms with Crippen LogP contribution < -0.4 is 10.6 Å². The predicted molar refractivity (Wildman–Crippen MR) is 108 cm³/mol. The summed E-state index contributed by atoms with van der Waals surface area (Å²) in [5, 5.41) is 16.9. The number of hydrogen-bond acceptors (Lipinski definition) is 4. The number of carbonyl (C=O) groups excluding carboxylic acids is 1. The first-order valence-electron chi connectivity index (χ1n) is 8.58. The number of hydrogen-bond donors (Lipinski definition) is 2. The molecule has 1 heterocycles. The zero-order valence-corrected chi connectivity index (χ0v) is 15.9. The van der Waals surface area contributed by atoms with Gasteiger partial charge in [0.15, 0.2) is 0 Å². The first-order chi connectivity index (χ1) is 13.0. The predicted octanol–water partition coefficient (Wildman–Crippen LogP) is 4.22. The summed E-state index contributed by atoms with van der Waals surface area (Å²) >= 11 is 6.04. The molecule has 6 heteroatoms. The van der Waals surface area contributed by atoms with Crippen molar-refractivity contribution in [2.75, 3.05) is 18.4 Å². The van der Waals surface area contributed by atoms with Crippen molar-refractivity contribution in [3.8, 4) is 6.07 Å². The topological polar surface area (TPSA) is 77.8 Å². The highest BCUT2D eigenvalue weighted by atomic mass is 35.5. The molecule has 1 amide bonds. The molecule has 0 radical (unpaired) electrons. The smallest absolute Gasteiger partial charge is 0.252 e. The van der Waals surface area contributed by atoms with E-state index in [0.29, 0.717) is 29.2 Å². The summed E-state index contributed by atoms with van der Waals surface area (Å²) in [6.45, 7) is 4.88. The standard InChI is InChI=1S/C21H19ClN4O/c1-13-9-14(2)19-17(10-13)20(15(11-23)12-26-19)24-7-8-25-21(27)16-5-3-4-6-18(16)22/h3-6,9-10,12H,7-8H2,1-2H3,(H,24,26)(H,25,27). The van der Waals surface area contributed by atoms with Gasteiger partial charge in [-0.05, 0) is 37.6 Å². The molecular formula is C21H19ClN4O. The molecule has 0 saturated carbocycles. The molecule has 0 saturated heterocycles. The van der Waals surface area contributed by atoms with Gasteiger partial charge in [0.1, 0.15) is 6.07 Å². The maximum absolute atomic E-state index is 12.2. The summed E-state index contributed by atoms with van der Waals surface area (Å²) in [6, 6.07) is 13.2. The second kappa shape index (κ2) is 8.07. The SMILES string of the molecule is Cc1cc(C)c2ncc(C#N)c(NCCNC(=O)c3ccccc3Cl)c2c1. The van der Waals surface area contributed by atoms with Crippen molar-refractivity contribution in [1.82, 2.24) is 10.3 Å². The molecule has 0 bridgehead atoms. The Hall–Kier alpha value is -3.10. The number of nitrogens with zero attached hydrogens (tertiary/aromatic N) is 2. The Bertz CT molecular complexity index is 1060. The third kappa shape index (κ3) is 4.02. The highest BCUT2D eigenvalue weighted by Crippen LogP contribution is 2.28. The normalized spacial score (nSPS) is 10.4. The number of rotatable bonds is 5. The van der Waals surface area contributed by atoms with Gasteiger partial charge in [-0.25, -0.2) is 0 Å². The highest BCUT2D eigenvalue weighted by molar-refractivity contribution is 6.33. The molecule has 2 N–H and O–H groups in total. The molecule has 0 atom stereocenters. The lowest BCUT2D eigenvalue weighted by atomic mass is 10.0. The Morgan fingerprint density at radius 2 is 2.00 bits per heavy atom. The number of nitriles is 1. The lowest BCUT2D eigenvalue weighted by Crippen LogP contribution is -2.29. The van der Waals surface area contributed by atoms with Crippen molar-refractivity contribution >= 4 is 34.1 Å². The molecule has 0 aliphatic heterocycles. The van der Waals surface area contributed by atoms with Crippen LogP contribution in [0.2, 0.25) is 5.02 Å². The average Bonchev–Trinajstić information content (AvgIpc) is 2.65. The minimum absolute atomic E-state index is 0.228. The molecule has 3 aromatic rings. The van der Waals surface area contributed by atoms with Crippen LogP contribution >= 0.6 is 11.6 Å². The third-order valence-corrected chi connectivity index (χ3v) is 4.59. The number of aromatic nitrogens is 1. The second-order valence-corrected chi connectivity index (χ2v) is 6.71. The summed E-state index contributed by atoms with van der Waals surface area (Å²) in [7, 11) is 0. The van der Waals surface area contributed by atoms with Gasteiger partial charge in [-0.1, -0.05) is 35.4 Å². The number of halogens is 1. The van der Waals surface area contributed by atoms with Crippen LogP contribution in [0.5, 0.6) is 0 Å². The molecule has 0 spiro atoms. The van der Waals surface area contributed by atoms with Gasteiger partial charge in [-0.15, -0.1) is 0 Å². The lowest BCUT2D eigenvalue weighted by Gasteiger charge is -2.14. The van der Waals surface area contributed by atoms with Gasteiger partial charge < -0.3 is 10.6 Å². The van der Waals surface area contributed by atoms with Crippen molar-refractivity contribution in [2.45, 2.75) is 13.8 Å². The zero-order chi connectivity index (χ0) is 19.4. The number of fused-ring (bicyclic) bond motifs is 1. The van der Waals surface area contributed by atoms with Gasteiger partial charge in [0.05, 0.1) is 27.4 Å². The molecule has 136 valence electrons. The fourth-order valence-corrected chi connectivity index (χ4v) is 3.26. The first-order valence-corrected chi connectivity index (χ1v) is 8.95. The summed E-state index contributed by atoms with van der Waals surface area (Å²) in [6.07, 6.45) is 1.58. The maximum Gasteiger partial charge on any atom is 0.252 e. The van der Waals surface area contributed by atoms with Crippen molar-refractivity contribution in [3.63, 3.8) is 0 Å². The van der Waals surface area contributed by atoms with Crippen LogP contribution in [0.15, 0.2) is 42.6 Å². The lowest BCUT2D eigenvalue weighted by molar-refractivity contribution is 0.0955. The summed E-state index contributed by atoms with van der Waals surface area (Å²) in [5.74, 6) is -0.228. The fourth-order valence-electron chi connectivity index (χ4n) is 3.04. The van der Waals surface area contributed by atoms with Crippen molar-refractivity contribution in [1.29, 1.82) is 5.26 Å². The van der Waals surface area contributed by atoms with E-state index in [4.69, 9.17) is 11.6 Å². The van der Waals surface area contributed by atoms with E-state index in [1.54, 1.807) is 30.5 Å². The van der Waals surface area contributed by atoms with Crippen LogP contribution in [0.3, 0.4) is 0 Å². The Labute approximate surface area is 163 Å². The van der Waals surface area contributed by atoms with Crippen LogP contribution in [0, 0.1) is 25.2 Å². The van der Waals surface area contributed by atoms with Gasteiger partial charge >= 0.3 is 0 Å². The molecule has 5 nitrogen and oxygen atoms in total. The summed E-state index contributed by atoms with van der Waals surface area (Å²) < 4.78 is 0. The number of nitrogens with one attached hydrogen (secondary N) is 2. The first kappa shape index (κ1) is 18.7. The molecule has 3 rings (SSSR count). The van der Waals surface area contributed by atoms with Gasteiger partial charge in [-0.3, -0.25) is 9.78 Å². The van der Waals surface area contributed by atoms with E-state index < -0.39 is 0 Å². The van der Waals surface area contributed by atoms with Crippen molar-refractivity contribution in [2.24, 2.45) is 0 Å². The number of pyridine rings is 1. The van der Waals surface area contributed by atoms with E-state index in [-0.39, 0.29) is 5.91 Å². The van der Waals surface area contributed by atoms with Crippen LogP contribution in [0.1, 0.15) is 27.0 Å². The van der Waals surface area contributed by atoms with E-state index in [1.807, 2.05) is 19.9 Å². The summed E-state index contributed by atoms with van der Waals surface area (Å²) in [4.78, 5) is 16.6. The molecule has 1 aromatic heterocycles. The number of aryl methyl sites for hydroxylation is 2. The maximum atomic E-state index is 12.2. The van der Waals surface area contributed by atoms with Crippen molar-refractivity contribution in [3.05, 3.63) is 69.9 Å². The Morgan fingerprint density at radius 3 is 2.74 bits per heavy atom. The number of amides is 1. The summed E-state index contributed by atoms with van der Waals surface area (Å²) in [5.41, 5.74) is 4.68. The third-order valence-electron chi connectivity index (χ3n) is 4.26.